The molecule has 1 aliphatic rings. The smallest absolute Gasteiger partial charge is 0.315 e. The number of methoxy groups -OCH3 is 2. The maximum Gasteiger partial charge on any atom is 0.315 e. The molecule has 0 radical (unpaired) electrons. The van der Waals surface area contributed by atoms with Gasteiger partial charge in [0.25, 0.3) is 0 Å². The molecule has 0 amide bonds. The number of carboxylic acids is 1. The van der Waals surface area contributed by atoms with Crippen LogP contribution < -0.4 is 14.4 Å². The quantitative estimate of drug-likeness (QED) is 0.586. The Bertz CT molecular complexity index is 1210. The standard InChI is InChI=1S/C23H18F3NO4/c1-27-15-7-5-4-6-11(15)18(23(28)29)19-21(27)16(30-2)10-12(22(19)31-3)17-13(24)8-9-14(25)20(17)26/h4-10,18H,1-3H3,(H,28,29). The van der Waals surface area contributed by atoms with Crippen LogP contribution in [0.4, 0.5) is 24.5 Å². The molecule has 160 valence electrons. The van der Waals surface area contributed by atoms with Gasteiger partial charge in [0.2, 0.25) is 0 Å². The Labute approximate surface area is 176 Å². The van der Waals surface area contributed by atoms with Crippen molar-refractivity contribution in [3.05, 3.63) is 71.0 Å². The molecule has 0 aliphatic carbocycles. The van der Waals surface area contributed by atoms with Gasteiger partial charge in [-0.3, -0.25) is 4.79 Å². The lowest BCUT2D eigenvalue weighted by Crippen LogP contribution is -2.27. The van der Waals surface area contributed by atoms with E-state index in [-0.39, 0.29) is 22.6 Å². The van der Waals surface area contributed by atoms with Gasteiger partial charge in [-0.15, -0.1) is 0 Å². The van der Waals surface area contributed by atoms with Crippen LogP contribution in [-0.4, -0.2) is 32.3 Å². The average molecular weight is 429 g/mol. The maximum absolute atomic E-state index is 14.7. The monoisotopic (exact) mass is 429 g/mol. The number of carbonyl (C=O) groups is 1. The van der Waals surface area contributed by atoms with Crippen molar-refractivity contribution < 1.29 is 32.5 Å². The van der Waals surface area contributed by atoms with Crippen molar-refractivity contribution >= 4 is 17.3 Å². The van der Waals surface area contributed by atoms with E-state index in [1.807, 2.05) is 0 Å². The zero-order chi connectivity index (χ0) is 22.4. The van der Waals surface area contributed by atoms with Crippen molar-refractivity contribution in [1.82, 2.24) is 0 Å². The molecule has 0 saturated heterocycles. The topological polar surface area (TPSA) is 59.0 Å². The van der Waals surface area contributed by atoms with Crippen molar-refractivity contribution in [1.29, 1.82) is 0 Å². The lowest BCUT2D eigenvalue weighted by Gasteiger charge is -2.36. The summed E-state index contributed by atoms with van der Waals surface area (Å²) in [4.78, 5) is 14.1. The van der Waals surface area contributed by atoms with Crippen LogP contribution in [0.5, 0.6) is 11.5 Å². The highest BCUT2D eigenvalue weighted by Crippen LogP contribution is 2.55. The van der Waals surface area contributed by atoms with Gasteiger partial charge >= 0.3 is 5.97 Å². The number of aliphatic carboxylic acids is 1. The van der Waals surface area contributed by atoms with E-state index < -0.39 is 34.9 Å². The van der Waals surface area contributed by atoms with Gasteiger partial charge in [0, 0.05) is 23.9 Å². The Morgan fingerprint density at radius 3 is 2.35 bits per heavy atom. The van der Waals surface area contributed by atoms with Crippen LogP contribution in [0, 0.1) is 17.5 Å². The first-order chi connectivity index (χ1) is 14.8. The second-order valence-corrected chi connectivity index (χ2v) is 7.03. The molecule has 4 rings (SSSR count). The number of carboxylic acid groups (broad SMARTS) is 1. The number of nitrogens with zero attached hydrogens (tertiary/aromatic N) is 1. The molecule has 5 nitrogen and oxygen atoms in total. The fourth-order valence-corrected chi connectivity index (χ4v) is 4.17. The lowest BCUT2D eigenvalue weighted by atomic mass is 9.82. The Hall–Kier alpha value is -3.68. The van der Waals surface area contributed by atoms with Gasteiger partial charge < -0.3 is 19.5 Å². The fourth-order valence-electron chi connectivity index (χ4n) is 4.17. The number of halogens is 3. The molecule has 3 aromatic carbocycles. The summed E-state index contributed by atoms with van der Waals surface area (Å²) in [5, 5.41) is 10.1. The van der Waals surface area contributed by atoms with Gasteiger partial charge in [-0.2, -0.15) is 0 Å². The third-order valence-corrected chi connectivity index (χ3v) is 5.47. The predicted molar refractivity (Wildman–Crippen MR) is 109 cm³/mol. The van der Waals surface area contributed by atoms with Gasteiger partial charge in [-0.1, -0.05) is 18.2 Å². The van der Waals surface area contributed by atoms with E-state index in [9.17, 15) is 23.1 Å². The van der Waals surface area contributed by atoms with Crippen LogP contribution in [0.2, 0.25) is 0 Å². The molecule has 31 heavy (non-hydrogen) atoms. The largest absolute Gasteiger partial charge is 0.496 e. The fraction of sp³-hybridized carbons (Fsp3) is 0.174. The number of ether oxygens (including phenoxy) is 2. The summed E-state index contributed by atoms with van der Waals surface area (Å²) in [7, 11) is 4.34. The first kappa shape index (κ1) is 20.6. The molecule has 8 heteroatoms. The highest BCUT2D eigenvalue weighted by atomic mass is 19.2. The SMILES string of the molecule is COc1cc(-c2c(F)ccc(F)c2F)c(OC)c2c1N(C)c1ccccc1C2C(=O)O. The zero-order valence-electron chi connectivity index (χ0n) is 16.9. The van der Waals surface area contributed by atoms with E-state index in [2.05, 4.69) is 0 Å². The number of para-hydroxylation sites is 1. The van der Waals surface area contributed by atoms with E-state index in [0.29, 0.717) is 23.0 Å². The molecule has 1 atom stereocenters. The van der Waals surface area contributed by atoms with E-state index >= 15 is 0 Å². The summed E-state index contributed by atoms with van der Waals surface area (Å²) in [5.74, 6) is -5.96. The number of hydrogen-bond acceptors (Lipinski definition) is 4. The van der Waals surface area contributed by atoms with Crippen LogP contribution in [-0.2, 0) is 4.79 Å². The van der Waals surface area contributed by atoms with Gasteiger partial charge in [0.05, 0.1) is 25.5 Å². The first-order valence-electron chi connectivity index (χ1n) is 9.30. The van der Waals surface area contributed by atoms with Crippen LogP contribution in [0.1, 0.15) is 17.0 Å². The maximum atomic E-state index is 14.7. The number of rotatable bonds is 4. The third-order valence-electron chi connectivity index (χ3n) is 5.47. The van der Waals surface area contributed by atoms with E-state index in [0.717, 1.165) is 6.07 Å². The molecule has 0 bridgehead atoms. The lowest BCUT2D eigenvalue weighted by molar-refractivity contribution is -0.137. The number of hydrogen-bond donors (Lipinski definition) is 1. The van der Waals surface area contributed by atoms with Crippen molar-refractivity contribution in [3.8, 4) is 22.6 Å². The number of anilines is 2. The van der Waals surface area contributed by atoms with Gasteiger partial charge in [0.15, 0.2) is 11.6 Å². The van der Waals surface area contributed by atoms with Gasteiger partial charge in [0.1, 0.15) is 23.2 Å². The van der Waals surface area contributed by atoms with Crippen molar-refractivity contribution in [2.24, 2.45) is 0 Å². The second kappa shape index (κ2) is 7.54. The van der Waals surface area contributed by atoms with Gasteiger partial charge in [-0.25, -0.2) is 13.2 Å². The van der Waals surface area contributed by atoms with E-state index in [1.165, 1.54) is 20.3 Å². The Kier molecular flexibility index (Phi) is 5.00. The minimum Gasteiger partial charge on any atom is -0.496 e. The van der Waals surface area contributed by atoms with Crippen LogP contribution >= 0.6 is 0 Å². The molecule has 3 aromatic rings. The summed E-state index contributed by atoms with van der Waals surface area (Å²) < 4.78 is 54.2. The molecule has 1 unspecified atom stereocenters. The summed E-state index contributed by atoms with van der Waals surface area (Å²) in [6.07, 6.45) is 0. The Morgan fingerprint density at radius 2 is 1.71 bits per heavy atom. The minimum atomic E-state index is -1.41. The molecule has 1 heterocycles. The van der Waals surface area contributed by atoms with Crippen molar-refractivity contribution in [3.63, 3.8) is 0 Å². The second-order valence-electron chi connectivity index (χ2n) is 7.03. The van der Waals surface area contributed by atoms with E-state index in [4.69, 9.17) is 9.47 Å². The summed E-state index contributed by atoms with van der Waals surface area (Å²) in [5.41, 5.74) is 0.844. The van der Waals surface area contributed by atoms with Crippen LogP contribution in [0.15, 0.2) is 42.5 Å². The number of benzene rings is 3. The molecular weight excluding hydrogens is 411 g/mol. The van der Waals surface area contributed by atoms with Crippen LogP contribution in [0.25, 0.3) is 11.1 Å². The molecule has 1 N–H and O–H groups in total. The van der Waals surface area contributed by atoms with E-state index in [1.54, 1.807) is 36.2 Å². The summed E-state index contributed by atoms with van der Waals surface area (Å²) in [6.45, 7) is 0. The molecule has 0 aromatic heterocycles. The zero-order valence-corrected chi connectivity index (χ0v) is 16.9. The first-order valence-corrected chi connectivity index (χ1v) is 9.30. The molecule has 1 aliphatic heterocycles. The number of fused-ring (bicyclic) bond motifs is 2. The molecule has 0 spiro atoms. The Balaban J connectivity index is 2.16. The van der Waals surface area contributed by atoms with Crippen molar-refractivity contribution in [2.75, 3.05) is 26.2 Å². The molecule has 0 saturated carbocycles. The van der Waals surface area contributed by atoms with Crippen LogP contribution in [0.3, 0.4) is 0 Å². The molecule has 0 fully saturated rings. The highest BCUT2D eigenvalue weighted by molar-refractivity contribution is 5.96. The summed E-state index contributed by atoms with van der Waals surface area (Å²) >= 11 is 0. The predicted octanol–water partition coefficient (Wildman–Crippen LogP) is 5.09. The normalized spacial score (nSPS) is 14.6. The average Bonchev–Trinajstić information content (AvgIpc) is 2.76. The Morgan fingerprint density at radius 1 is 1.03 bits per heavy atom. The minimum absolute atomic E-state index is 0.0760. The third kappa shape index (κ3) is 2.98. The molecular formula is C23H18F3NO4. The highest BCUT2D eigenvalue weighted by Gasteiger charge is 2.40. The van der Waals surface area contributed by atoms with Gasteiger partial charge in [-0.05, 0) is 29.8 Å². The summed E-state index contributed by atoms with van der Waals surface area (Å²) in [6, 6.07) is 9.70. The van der Waals surface area contributed by atoms with Crippen molar-refractivity contribution in [2.45, 2.75) is 5.92 Å².